The van der Waals surface area contributed by atoms with E-state index >= 15 is 0 Å². The molecule has 0 aliphatic carbocycles. The Balaban J connectivity index is 2.85. The fourth-order valence-corrected chi connectivity index (χ4v) is 10.5. The normalized spacial score (nSPS) is 46.4. The molecule has 3 atom stereocenters. The summed E-state index contributed by atoms with van der Waals surface area (Å²) in [6, 6.07) is 0. The Morgan fingerprint density at radius 1 is 1.33 bits per heavy atom. The molecule has 0 radical (unpaired) electrons. The van der Waals surface area contributed by atoms with Crippen molar-refractivity contribution in [2.75, 3.05) is 34.1 Å². The van der Waals surface area contributed by atoms with Crippen molar-refractivity contribution in [3.8, 4) is 0 Å². The topological polar surface area (TPSA) is 18.5 Å². The Morgan fingerprint density at radius 3 is 2.33 bits per heavy atom. The van der Waals surface area contributed by atoms with Crippen LogP contribution in [0.4, 0.5) is 0 Å². The summed E-state index contributed by atoms with van der Waals surface area (Å²) in [4.78, 5) is 3.62. The van der Waals surface area contributed by atoms with Crippen molar-refractivity contribution in [3.05, 3.63) is 0 Å². The van der Waals surface area contributed by atoms with Gasteiger partial charge >= 0.3 is 0 Å². The lowest BCUT2D eigenvalue weighted by Crippen LogP contribution is -2.30. The summed E-state index contributed by atoms with van der Waals surface area (Å²) < 4.78 is 4.86. The fourth-order valence-electron chi connectivity index (χ4n) is 1.11. The van der Waals surface area contributed by atoms with Crippen LogP contribution in [0.25, 0.3) is 0 Å². The molecule has 3 nitrogen and oxygen atoms in total. The highest BCUT2D eigenvalue weighted by molar-refractivity contribution is 7.88. The highest BCUT2D eigenvalue weighted by atomic mass is 31.3. The average Bonchev–Trinajstić information content (AvgIpc) is 1.97. The number of hydrogen-bond acceptors (Lipinski definition) is 3. The molecule has 0 aromatic carbocycles. The van der Waals surface area contributed by atoms with Crippen LogP contribution in [0.1, 0.15) is 0 Å². The number of rotatable bonds is 0. The van der Waals surface area contributed by atoms with Gasteiger partial charge in [0.15, 0.2) is 0 Å². The first-order valence-electron chi connectivity index (χ1n) is 3.80. The van der Waals surface area contributed by atoms with E-state index in [0.717, 1.165) is 0 Å². The SMILES string of the molecule is C=P1(C)NP(C)N(C)P(C)N1C. The first kappa shape index (κ1) is 11.1. The van der Waals surface area contributed by atoms with Gasteiger partial charge in [-0.15, -0.1) is 0 Å². The average molecular weight is 225 g/mol. The van der Waals surface area contributed by atoms with Crippen molar-refractivity contribution in [1.82, 2.24) is 13.7 Å². The second-order valence-corrected chi connectivity index (χ2v) is 11.4. The Hall–Kier alpha value is 1.04. The standard InChI is InChI=1S/C6H18N3P3/c1-8-10(3)7-12(5,6)9(2)11(8)4/h7H,5H2,1-4,6H3. The summed E-state index contributed by atoms with van der Waals surface area (Å²) >= 11 is 0. The van der Waals surface area contributed by atoms with Crippen LogP contribution in [-0.4, -0.2) is 49.3 Å². The maximum absolute atomic E-state index is 4.28. The highest BCUT2D eigenvalue weighted by Gasteiger charge is 2.32. The van der Waals surface area contributed by atoms with E-state index in [9.17, 15) is 0 Å². The lowest BCUT2D eigenvalue weighted by molar-refractivity contribution is 0.751. The summed E-state index contributed by atoms with van der Waals surface area (Å²) in [5, 5.41) is 0. The van der Waals surface area contributed by atoms with Crippen LogP contribution in [0.2, 0.25) is 0 Å². The van der Waals surface area contributed by atoms with Gasteiger partial charge in [0.1, 0.15) is 0 Å². The molecule has 72 valence electrons. The Bertz CT molecular complexity index is 220. The zero-order chi connectivity index (χ0) is 9.52. The van der Waals surface area contributed by atoms with Crippen molar-refractivity contribution >= 4 is 29.9 Å². The molecule has 12 heavy (non-hydrogen) atoms. The maximum Gasteiger partial charge on any atom is 0.0449 e. The van der Waals surface area contributed by atoms with Gasteiger partial charge in [0, 0.05) is 23.6 Å². The van der Waals surface area contributed by atoms with Crippen LogP contribution in [0.3, 0.4) is 0 Å². The number of hydrogen-bond donors (Lipinski definition) is 1. The van der Waals surface area contributed by atoms with Gasteiger partial charge in [0.2, 0.25) is 0 Å². The fraction of sp³-hybridized carbons (Fsp3) is 0.833. The van der Waals surface area contributed by atoms with Crippen molar-refractivity contribution in [2.24, 2.45) is 0 Å². The molecule has 6 heteroatoms. The van der Waals surface area contributed by atoms with Crippen LogP contribution in [0, 0.1) is 0 Å². The minimum absolute atomic E-state index is 0.122. The minimum atomic E-state index is -1.23. The predicted octanol–water partition coefficient (Wildman–Crippen LogP) is 2.25. The molecule has 1 heterocycles. The second-order valence-electron chi connectivity index (χ2n) is 3.23. The third-order valence-electron chi connectivity index (χ3n) is 2.27. The molecule has 3 unspecified atom stereocenters. The minimum Gasteiger partial charge on any atom is -0.251 e. The van der Waals surface area contributed by atoms with Gasteiger partial charge in [0.05, 0.1) is 0 Å². The van der Waals surface area contributed by atoms with Crippen LogP contribution in [0.5, 0.6) is 0 Å². The first-order chi connectivity index (χ1) is 5.36. The van der Waals surface area contributed by atoms with E-state index in [4.69, 9.17) is 0 Å². The van der Waals surface area contributed by atoms with E-state index in [1.807, 2.05) is 0 Å². The van der Waals surface area contributed by atoms with E-state index in [-0.39, 0.29) is 16.4 Å². The maximum atomic E-state index is 4.28. The lowest BCUT2D eigenvalue weighted by atomic mass is 11.6. The van der Waals surface area contributed by atoms with Crippen LogP contribution in [-0.2, 0) is 0 Å². The molecule has 1 rings (SSSR count). The zero-order valence-corrected chi connectivity index (χ0v) is 11.1. The molecule has 1 aliphatic rings. The molecule has 0 amide bonds. The second kappa shape index (κ2) is 3.65. The van der Waals surface area contributed by atoms with Gasteiger partial charge in [-0.1, -0.05) is 6.30 Å². The van der Waals surface area contributed by atoms with Crippen molar-refractivity contribution in [2.45, 2.75) is 0 Å². The third-order valence-corrected chi connectivity index (χ3v) is 12.5. The molecule has 0 spiro atoms. The van der Waals surface area contributed by atoms with E-state index in [2.05, 4.69) is 54.1 Å². The van der Waals surface area contributed by atoms with Gasteiger partial charge in [-0.2, -0.15) is 0 Å². The van der Waals surface area contributed by atoms with Crippen molar-refractivity contribution in [1.29, 1.82) is 0 Å². The van der Waals surface area contributed by atoms with Gasteiger partial charge in [-0.25, -0.2) is 8.88 Å². The highest BCUT2D eigenvalue weighted by Crippen LogP contribution is 2.68. The Kier molecular flexibility index (Phi) is 3.39. The van der Waals surface area contributed by atoms with Gasteiger partial charge in [0.25, 0.3) is 0 Å². The van der Waals surface area contributed by atoms with Crippen LogP contribution >= 0.6 is 23.6 Å². The molecule has 0 bridgehead atoms. The summed E-state index contributed by atoms with van der Waals surface area (Å²) in [5.41, 5.74) is 0. The third kappa shape index (κ3) is 1.93. The monoisotopic (exact) mass is 225 g/mol. The van der Waals surface area contributed by atoms with E-state index in [0.29, 0.717) is 0 Å². The van der Waals surface area contributed by atoms with Gasteiger partial charge < -0.3 is 0 Å². The molecule has 0 aromatic heterocycles. The Labute approximate surface area is 78.3 Å². The molecule has 1 aliphatic heterocycles. The molecule has 1 saturated heterocycles. The molecule has 0 saturated carbocycles. The molecule has 1 fully saturated rings. The lowest BCUT2D eigenvalue weighted by Gasteiger charge is -2.49. The summed E-state index contributed by atoms with van der Waals surface area (Å²) in [5.74, 6) is 0. The summed E-state index contributed by atoms with van der Waals surface area (Å²) in [6.45, 7) is 6.82. The number of nitrogens with zero attached hydrogens (tertiary/aromatic N) is 2. The van der Waals surface area contributed by atoms with Gasteiger partial charge in [-0.3, -0.25) is 4.86 Å². The molecular formula is C6H18N3P3. The number of nitrogens with one attached hydrogen (secondary N) is 1. The Morgan fingerprint density at radius 2 is 1.83 bits per heavy atom. The van der Waals surface area contributed by atoms with Crippen molar-refractivity contribution < 1.29 is 0 Å². The smallest absolute Gasteiger partial charge is 0.0449 e. The van der Waals surface area contributed by atoms with E-state index < -0.39 is 7.19 Å². The van der Waals surface area contributed by atoms with Crippen molar-refractivity contribution in [3.63, 3.8) is 0 Å². The van der Waals surface area contributed by atoms with Crippen LogP contribution < -0.4 is 4.86 Å². The van der Waals surface area contributed by atoms with E-state index in [1.54, 1.807) is 0 Å². The molecule has 0 aromatic rings. The zero-order valence-electron chi connectivity index (χ0n) is 8.44. The van der Waals surface area contributed by atoms with E-state index in [1.165, 1.54) is 0 Å². The summed E-state index contributed by atoms with van der Waals surface area (Å²) in [6.07, 6.45) is 4.28. The first-order valence-corrected chi connectivity index (χ1v) is 9.61. The predicted molar refractivity (Wildman–Crippen MR) is 64.3 cm³/mol. The summed E-state index contributed by atoms with van der Waals surface area (Å²) in [7, 11) is 2.87. The van der Waals surface area contributed by atoms with Gasteiger partial charge in [-0.05, 0) is 34.1 Å². The largest absolute Gasteiger partial charge is 0.251 e. The quantitative estimate of drug-likeness (QED) is 0.638. The van der Waals surface area contributed by atoms with Crippen LogP contribution in [0.15, 0.2) is 0 Å². The molecule has 1 N–H and O–H groups in total. The molecular weight excluding hydrogens is 207 g/mol.